The van der Waals surface area contributed by atoms with Crippen LogP contribution in [0.1, 0.15) is 23.4 Å². The molecule has 1 aromatic heterocycles. The number of aryl methyl sites for hydroxylation is 3. The van der Waals surface area contributed by atoms with Crippen molar-refractivity contribution in [3.8, 4) is 5.75 Å². The summed E-state index contributed by atoms with van der Waals surface area (Å²) >= 11 is 0. The molecule has 24 heavy (non-hydrogen) atoms. The lowest BCUT2D eigenvalue weighted by Gasteiger charge is -2.11. The molecule has 0 radical (unpaired) electrons. The third-order valence-corrected chi connectivity index (χ3v) is 4.34. The predicted molar refractivity (Wildman–Crippen MR) is 96.6 cm³/mol. The molecule has 0 spiro atoms. The van der Waals surface area contributed by atoms with Crippen LogP contribution in [0.2, 0.25) is 0 Å². The zero-order valence-corrected chi connectivity index (χ0v) is 14.3. The number of ether oxygens (including phenoxy) is 1. The Bertz CT molecular complexity index is 824. The number of aromatic nitrogens is 2. The molecule has 0 atom stereocenters. The summed E-state index contributed by atoms with van der Waals surface area (Å²) in [6.07, 6.45) is 1.47. The first kappa shape index (κ1) is 16.5. The van der Waals surface area contributed by atoms with Crippen LogP contribution < -0.4 is 4.74 Å². The van der Waals surface area contributed by atoms with Gasteiger partial charge in [-0.2, -0.15) is 0 Å². The molecule has 3 rings (SSSR count). The Balaban J connectivity index is 1.64. The maximum absolute atomic E-state index is 9.26. The molecular formula is C20H24N2O2. The van der Waals surface area contributed by atoms with Crippen molar-refractivity contribution in [3.05, 3.63) is 59.4 Å². The summed E-state index contributed by atoms with van der Waals surface area (Å²) < 4.78 is 8.06. The molecule has 1 heterocycles. The molecule has 0 amide bonds. The first-order chi connectivity index (χ1) is 11.7. The van der Waals surface area contributed by atoms with E-state index in [1.807, 2.05) is 24.3 Å². The van der Waals surface area contributed by atoms with E-state index in [0.29, 0.717) is 13.0 Å². The Hall–Kier alpha value is -2.33. The Kier molecular flexibility index (Phi) is 5.16. The number of fused-ring (bicyclic) bond motifs is 1. The molecule has 1 N–H and O–H groups in total. The van der Waals surface area contributed by atoms with E-state index in [2.05, 4.69) is 41.6 Å². The largest absolute Gasteiger partial charge is 0.494 e. The Morgan fingerprint density at radius 3 is 2.71 bits per heavy atom. The minimum Gasteiger partial charge on any atom is -0.494 e. The fourth-order valence-corrected chi connectivity index (χ4v) is 2.88. The summed E-state index contributed by atoms with van der Waals surface area (Å²) in [5.74, 6) is 1.86. The molecule has 4 heteroatoms. The zero-order chi connectivity index (χ0) is 16.9. The number of aliphatic hydroxyl groups is 1. The quantitative estimate of drug-likeness (QED) is 0.675. The van der Waals surface area contributed by atoms with E-state index < -0.39 is 0 Å². The van der Waals surface area contributed by atoms with E-state index >= 15 is 0 Å². The standard InChI is InChI=1S/C20H24N2O2/c1-15-8-9-17(14-16(15)2)24-13-5-11-22-19-7-4-3-6-18(19)21-20(22)10-12-23/h3-4,6-9,14,23H,5,10-13H2,1-2H3. The molecule has 0 aliphatic heterocycles. The van der Waals surface area contributed by atoms with Crippen molar-refractivity contribution in [1.82, 2.24) is 9.55 Å². The van der Waals surface area contributed by atoms with Gasteiger partial charge in [-0.1, -0.05) is 18.2 Å². The van der Waals surface area contributed by atoms with Gasteiger partial charge in [0, 0.05) is 13.0 Å². The first-order valence-electron chi connectivity index (χ1n) is 8.44. The Morgan fingerprint density at radius 2 is 1.92 bits per heavy atom. The topological polar surface area (TPSA) is 47.3 Å². The normalized spacial score (nSPS) is 11.1. The van der Waals surface area contributed by atoms with E-state index in [0.717, 1.165) is 35.6 Å². The molecule has 0 saturated heterocycles. The maximum Gasteiger partial charge on any atom is 0.119 e. The zero-order valence-electron chi connectivity index (χ0n) is 14.3. The van der Waals surface area contributed by atoms with Gasteiger partial charge in [-0.05, 0) is 55.7 Å². The van der Waals surface area contributed by atoms with Gasteiger partial charge in [0.1, 0.15) is 11.6 Å². The summed E-state index contributed by atoms with van der Waals surface area (Å²) in [4.78, 5) is 4.62. The second-order valence-electron chi connectivity index (χ2n) is 6.09. The van der Waals surface area contributed by atoms with Gasteiger partial charge in [-0.3, -0.25) is 0 Å². The van der Waals surface area contributed by atoms with Crippen LogP contribution in [0.15, 0.2) is 42.5 Å². The van der Waals surface area contributed by atoms with Crippen molar-refractivity contribution in [2.24, 2.45) is 0 Å². The van der Waals surface area contributed by atoms with Gasteiger partial charge in [0.05, 0.1) is 24.2 Å². The number of imidazole rings is 1. The average Bonchev–Trinajstić information content (AvgIpc) is 2.93. The molecular weight excluding hydrogens is 300 g/mol. The molecule has 0 fully saturated rings. The summed E-state index contributed by atoms with van der Waals surface area (Å²) in [6, 6.07) is 14.3. The number of para-hydroxylation sites is 2. The van der Waals surface area contributed by atoms with Crippen LogP contribution in [0.3, 0.4) is 0 Å². The van der Waals surface area contributed by atoms with Crippen molar-refractivity contribution >= 4 is 11.0 Å². The van der Waals surface area contributed by atoms with Crippen molar-refractivity contribution in [2.45, 2.75) is 33.2 Å². The molecule has 0 aliphatic carbocycles. The van der Waals surface area contributed by atoms with Crippen molar-refractivity contribution < 1.29 is 9.84 Å². The average molecular weight is 324 g/mol. The monoisotopic (exact) mass is 324 g/mol. The number of hydrogen-bond donors (Lipinski definition) is 1. The van der Waals surface area contributed by atoms with Gasteiger partial charge in [-0.25, -0.2) is 4.98 Å². The van der Waals surface area contributed by atoms with Gasteiger partial charge in [0.15, 0.2) is 0 Å². The summed E-state index contributed by atoms with van der Waals surface area (Å²) in [6.45, 7) is 5.81. The van der Waals surface area contributed by atoms with Gasteiger partial charge >= 0.3 is 0 Å². The Morgan fingerprint density at radius 1 is 1.08 bits per heavy atom. The summed E-state index contributed by atoms with van der Waals surface area (Å²) in [7, 11) is 0. The molecule has 0 saturated carbocycles. The molecule has 0 aliphatic rings. The molecule has 0 unspecified atom stereocenters. The van der Waals surface area contributed by atoms with E-state index in [1.54, 1.807) is 0 Å². The highest BCUT2D eigenvalue weighted by Gasteiger charge is 2.09. The van der Waals surface area contributed by atoms with Crippen LogP contribution in [-0.4, -0.2) is 27.9 Å². The van der Waals surface area contributed by atoms with Crippen LogP contribution in [-0.2, 0) is 13.0 Å². The fourth-order valence-electron chi connectivity index (χ4n) is 2.88. The summed E-state index contributed by atoms with van der Waals surface area (Å²) in [5, 5.41) is 9.26. The van der Waals surface area contributed by atoms with Crippen LogP contribution in [0.5, 0.6) is 5.75 Å². The minimum absolute atomic E-state index is 0.114. The molecule has 126 valence electrons. The number of benzene rings is 2. The molecule has 3 aromatic rings. The van der Waals surface area contributed by atoms with Crippen LogP contribution in [0.25, 0.3) is 11.0 Å². The fraction of sp³-hybridized carbons (Fsp3) is 0.350. The highest BCUT2D eigenvalue weighted by Crippen LogP contribution is 2.18. The lowest BCUT2D eigenvalue weighted by Crippen LogP contribution is -2.09. The molecule has 2 aromatic carbocycles. The van der Waals surface area contributed by atoms with Crippen LogP contribution in [0.4, 0.5) is 0 Å². The maximum atomic E-state index is 9.26. The van der Waals surface area contributed by atoms with Crippen molar-refractivity contribution in [1.29, 1.82) is 0 Å². The van der Waals surface area contributed by atoms with Gasteiger partial charge in [-0.15, -0.1) is 0 Å². The third-order valence-electron chi connectivity index (χ3n) is 4.34. The van der Waals surface area contributed by atoms with Gasteiger partial charge < -0.3 is 14.4 Å². The summed E-state index contributed by atoms with van der Waals surface area (Å²) in [5.41, 5.74) is 4.63. The Labute approximate surface area is 142 Å². The smallest absolute Gasteiger partial charge is 0.119 e. The molecule has 0 bridgehead atoms. The molecule has 4 nitrogen and oxygen atoms in total. The van der Waals surface area contributed by atoms with E-state index in [9.17, 15) is 5.11 Å². The number of hydrogen-bond acceptors (Lipinski definition) is 3. The minimum atomic E-state index is 0.114. The van der Waals surface area contributed by atoms with Crippen molar-refractivity contribution in [3.63, 3.8) is 0 Å². The number of nitrogens with zero attached hydrogens (tertiary/aromatic N) is 2. The van der Waals surface area contributed by atoms with Crippen LogP contribution >= 0.6 is 0 Å². The van der Waals surface area contributed by atoms with Crippen molar-refractivity contribution in [2.75, 3.05) is 13.2 Å². The van der Waals surface area contributed by atoms with Gasteiger partial charge in [0.25, 0.3) is 0 Å². The lowest BCUT2D eigenvalue weighted by atomic mass is 10.1. The lowest BCUT2D eigenvalue weighted by molar-refractivity contribution is 0.289. The van der Waals surface area contributed by atoms with Crippen LogP contribution in [0, 0.1) is 13.8 Å². The third kappa shape index (κ3) is 3.60. The van der Waals surface area contributed by atoms with E-state index in [1.165, 1.54) is 11.1 Å². The van der Waals surface area contributed by atoms with Gasteiger partial charge in [0.2, 0.25) is 0 Å². The highest BCUT2D eigenvalue weighted by molar-refractivity contribution is 5.75. The van der Waals surface area contributed by atoms with E-state index in [-0.39, 0.29) is 6.61 Å². The second-order valence-corrected chi connectivity index (χ2v) is 6.09. The highest BCUT2D eigenvalue weighted by atomic mass is 16.5. The van der Waals surface area contributed by atoms with E-state index in [4.69, 9.17) is 4.74 Å². The SMILES string of the molecule is Cc1ccc(OCCCn2c(CCO)nc3ccccc32)cc1C. The number of rotatable bonds is 7. The second kappa shape index (κ2) is 7.49. The first-order valence-corrected chi connectivity index (χ1v) is 8.44. The number of aliphatic hydroxyl groups excluding tert-OH is 1. The predicted octanol–water partition coefficient (Wildman–Crippen LogP) is 3.66.